The minimum absolute atomic E-state index is 0.0651. The summed E-state index contributed by atoms with van der Waals surface area (Å²) >= 11 is 0. The molecule has 0 saturated carbocycles. The first-order chi connectivity index (χ1) is 48.0. The van der Waals surface area contributed by atoms with Gasteiger partial charge in [-0.25, -0.2) is 0 Å². The number of allylic oxidation sites excluding steroid dienone is 4. The van der Waals surface area contributed by atoms with Gasteiger partial charge in [0, 0.05) is 167 Å². The summed E-state index contributed by atoms with van der Waals surface area (Å²) in [6.45, 7) is 9.01. The van der Waals surface area contributed by atoms with E-state index in [-0.39, 0.29) is 94.3 Å². The predicted octanol–water partition coefficient (Wildman–Crippen LogP) is -4.20. The fraction of sp³-hybridized carbons (Fsp3) is 0.765. The third kappa shape index (κ3) is 28.5. The van der Waals surface area contributed by atoms with E-state index in [4.69, 9.17) is 34.2 Å². The zero-order valence-electron chi connectivity index (χ0n) is 58.4. The highest BCUT2D eigenvalue weighted by Gasteiger charge is 2.39. The Bertz CT molecular complexity index is 2580. The number of carbonyl (C=O) groups is 8. The van der Waals surface area contributed by atoms with Crippen LogP contribution in [0.3, 0.4) is 0 Å². The quantitative estimate of drug-likeness (QED) is 0.0386. The number of rotatable bonds is 25. The Labute approximate surface area is 582 Å². The number of hydrogen-bond acceptors (Lipinski definition) is 23. The van der Waals surface area contributed by atoms with Crippen LogP contribution in [0.4, 0.5) is 0 Å². The van der Waals surface area contributed by atoms with E-state index in [9.17, 15) is 58.8 Å². The number of ether oxygens (including phenoxy) is 6. The summed E-state index contributed by atoms with van der Waals surface area (Å²) in [5.74, 6) is -7.48. The summed E-state index contributed by atoms with van der Waals surface area (Å²) < 4.78 is 32.8. The maximum Gasteiger partial charge on any atom is 0.249 e. The van der Waals surface area contributed by atoms with Crippen molar-refractivity contribution in [3.05, 3.63) is 46.6 Å². The minimum atomic E-state index is -1.41. The summed E-state index contributed by atoms with van der Waals surface area (Å²) in [5.41, 5.74) is 6.17. The molecule has 2 aliphatic heterocycles. The number of carbonyl (C=O) groups excluding carboxylic acids is 8. The number of nitrogens with one attached hydrogen (secondary N) is 8. The number of nitrogens with zero attached hydrogens (tertiary/aromatic N) is 4. The summed E-state index contributed by atoms with van der Waals surface area (Å²) in [5, 5.41) is 70.2. The molecule has 4 aliphatic carbocycles. The smallest absolute Gasteiger partial charge is 0.249 e. The van der Waals surface area contributed by atoms with Crippen molar-refractivity contribution in [1.82, 2.24) is 62.1 Å². The number of unbranched alkanes of at least 4 members (excludes halogenated alkanes) is 1. The largest absolute Gasteiger partial charge is 0.387 e. The van der Waals surface area contributed by atoms with Gasteiger partial charge in [-0.2, -0.15) is 0 Å². The van der Waals surface area contributed by atoms with Gasteiger partial charge in [0.25, 0.3) is 0 Å². The van der Waals surface area contributed by atoms with Crippen molar-refractivity contribution in [3.8, 4) is 0 Å². The highest BCUT2D eigenvalue weighted by Crippen LogP contribution is 2.29. The Hall–Kier alpha value is -5.88. The van der Waals surface area contributed by atoms with Crippen LogP contribution >= 0.6 is 0 Å². The zero-order chi connectivity index (χ0) is 71.2. The van der Waals surface area contributed by atoms with E-state index < -0.39 is 101 Å². The van der Waals surface area contributed by atoms with E-state index in [0.29, 0.717) is 196 Å². The van der Waals surface area contributed by atoms with Crippen molar-refractivity contribution in [1.29, 1.82) is 0 Å². The van der Waals surface area contributed by atoms with Crippen LogP contribution in [0.2, 0.25) is 0 Å². The molecule has 9 atom stereocenters. The molecule has 2 fully saturated rings. The molecule has 31 nitrogen and oxygen atoms in total. The monoisotopic (exact) mass is 1400 g/mol. The lowest BCUT2D eigenvalue weighted by atomic mass is 9.84. The minimum Gasteiger partial charge on any atom is -0.387 e. The molecule has 0 aromatic heterocycles. The Morgan fingerprint density at radius 3 is 1.02 bits per heavy atom. The third-order valence-corrected chi connectivity index (χ3v) is 18.9. The Morgan fingerprint density at radius 1 is 0.384 bits per heavy atom. The molecular weight excluding hydrogens is 1290 g/mol. The lowest BCUT2D eigenvalue weighted by Crippen LogP contribution is -2.51. The van der Waals surface area contributed by atoms with Crippen LogP contribution in [0.5, 0.6) is 0 Å². The molecule has 0 spiro atoms. The molecule has 8 amide bonds. The molecule has 31 heteroatoms. The molecule has 6 aliphatic rings. The highest BCUT2D eigenvalue weighted by molar-refractivity contribution is 5.98. The van der Waals surface area contributed by atoms with Gasteiger partial charge in [0.2, 0.25) is 47.3 Å². The van der Waals surface area contributed by atoms with Crippen LogP contribution in [0.15, 0.2) is 46.6 Å². The van der Waals surface area contributed by atoms with Crippen molar-refractivity contribution in [2.75, 3.05) is 211 Å². The average molecular weight is 1400 g/mol. The van der Waals surface area contributed by atoms with E-state index in [1.54, 1.807) is 38.5 Å². The Kier molecular flexibility index (Phi) is 38.6. The van der Waals surface area contributed by atoms with Gasteiger partial charge in [-0.3, -0.25) is 58.0 Å². The molecule has 8 bridgehead atoms. The topological polar surface area (TPSA) is 408 Å². The summed E-state index contributed by atoms with van der Waals surface area (Å²) in [6.07, 6.45) is 5.65. The van der Waals surface area contributed by atoms with Gasteiger partial charge >= 0.3 is 0 Å². The average Bonchev–Trinajstić information content (AvgIpc) is 0.864. The molecule has 2 saturated heterocycles. The molecule has 0 aromatic rings. The van der Waals surface area contributed by atoms with E-state index >= 15 is 0 Å². The second-order valence-corrected chi connectivity index (χ2v) is 25.8. The maximum atomic E-state index is 14.3. The molecule has 560 valence electrons. The summed E-state index contributed by atoms with van der Waals surface area (Å²) in [4.78, 5) is 119. The van der Waals surface area contributed by atoms with Crippen molar-refractivity contribution in [2.24, 2.45) is 29.4 Å². The van der Waals surface area contributed by atoms with Gasteiger partial charge in [0.1, 0.15) is 0 Å². The lowest BCUT2D eigenvalue weighted by Gasteiger charge is -2.32. The Morgan fingerprint density at radius 2 is 0.677 bits per heavy atom. The number of hydrogen-bond donors (Lipinski definition) is 13. The number of aliphatic hydroxyl groups excluding tert-OH is 4. The van der Waals surface area contributed by atoms with Crippen LogP contribution in [0.1, 0.15) is 70.6 Å². The molecule has 6 rings (SSSR count). The summed E-state index contributed by atoms with van der Waals surface area (Å²) in [6, 6.07) is -0.407. The fourth-order valence-corrected chi connectivity index (χ4v) is 13.0. The number of amides is 8. The SMILES string of the molecule is COCCOCCOCCN1CCNC(=O)[C@H]2CCC=C(C(=O)NCCN(CCN3CCNC(=O)C4=CCC[C@H](C(=O)NC(CCCCN)CN(CCOCCOCCOC)CCNC(=O)[C@@H]5CCC=C(C(=O)NCC3)C5O)C4O)CCNC(=O)C3=CCC[C@@H](C(=O)NCC1)C3O)C2O. The van der Waals surface area contributed by atoms with Crippen molar-refractivity contribution in [2.45, 2.75) is 101 Å². The van der Waals surface area contributed by atoms with Crippen LogP contribution in [0.25, 0.3) is 0 Å². The molecule has 0 aromatic carbocycles. The standard InChI is InChI=1S/C68H115N13O18/c1-94-39-41-98-45-43-96-37-35-80-30-23-74-64(89)52-13-5-10-49(57(52)82)61(86)70-19-26-78(27-20-71-62(87)50-11-6-14-53(58(50)83)65(90)75-24-31-80)33-34-79-28-21-72-63(88)51-12-7-15-54(59(51)84)66(91)76-25-32-81(36-38-97-44-46-99-42-40-95-2)47-48(9-3-4-18-69)77-68(93)56-17-8-16-55(60(56)85)67(92)73-22-29-79/h10-12,16,48,52-54,56-60,82-85H,3-9,13-15,17-47,69H2,1-2H3,(H,70,86)(H,71,87)(H,72,88)(H,73,92)(H,74,89)(H,75,90)(H,76,91)(H,77,93)/t48?,52-,53+,54-,56+,57?,58?,59?,60?/m1/s1. The lowest BCUT2D eigenvalue weighted by molar-refractivity contribution is -0.131. The number of aliphatic hydroxyl groups is 4. The zero-order valence-corrected chi connectivity index (χ0v) is 58.4. The first kappa shape index (κ1) is 82.1. The van der Waals surface area contributed by atoms with E-state index in [0.717, 1.165) is 0 Å². The second kappa shape index (κ2) is 46.6. The highest BCUT2D eigenvalue weighted by atomic mass is 16.5. The van der Waals surface area contributed by atoms with Gasteiger partial charge in [0.15, 0.2) is 0 Å². The molecule has 14 N–H and O–H groups in total. The fourth-order valence-electron chi connectivity index (χ4n) is 13.0. The van der Waals surface area contributed by atoms with Gasteiger partial charge < -0.3 is 97.1 Å². The number of methoxy groups -OCH3 is 2. The first-order valence-electron chi connectivity index (χ1n) is 35.7. The number of fused-ring (bicyclic) bond motifs is 8. The van der Waals surface area contributed by atoms with Crippen LogP contribution in [-0.2, 0) is 66.8 Å². The first-order valence-corrected chi connectivity index (χ1v) is 35.7. The maximum absolute atomic E-state index is 14.3. The van der Waals surface area contributed by atoms with Gasteiger partial charge in [-0.05, 0) is 70.8 Å². The van der Waals surface area contributed by atoms with Gasteiger partial charge in [-0.15, -0.1) is 0 Å². The molecule has 99 heavy (non-hydrogen) atoms. The van der Waals surface area contributed by atoms with Crippen LogP contribution in [-0.4, -0.2) is 329 Å². The van der Waals surface area contributed by atoms with Crippen LogP contribution < -0.4 is 48.3 Å². The van der Waals surface area contributed by atoms with Crippen molar-refractivity contribution in [3.63, 3.8) is 0 Å². The second-order valence-electron chi connectivity index (χ2n) is 25.8. The van der Waals surface area contributed by atoms with E-state index in [1.807, 2.05) is 14.7 Å². The van der Waals surface area contributed by atoms with Gasteiger partial charge in [0.05, 0.1) is 114 Å². The van der Waals surface area contributed by atoms with Crippen molar-refractivity contribution < 1.29 is 87.2 Å². The summed E-state index contributed by atoms with van der Waals surface area (Å²) in [7, 11) is 3.19. The van der Waals surface area contributed by atoms with Crippen molar-refractivity contribution >= 4 is 47.3 Å². The van der Waals surface area contributed by atoms with E-state index in [1.165, 1.54) is 0 Å². The Balaban J connectivity index is 1.16. The molecule has 5 unspecified atom stereocenters. The predicted molar refractivity (Wildman–Crippen MR) is 366 cm³/mol. The normalized spacial score (nSPS) is 27.2. The molecule has 2 heterocycles. The molecule has 0 radical (unpaired) electrons. The third-order valence-electron chi connectivity index (χ3n) is 18.9. The molecular formula is C68H115N13O18. The number of nitrogens with two attached hydrogens (primary N) is 1. The van der Waals surface area contributed by atoms with E-state index in [2.05, 4.69) is 47.4 Å². The van der Waals surface area contributed by atoms with Crippen LogP contribution in [0, 0.1) is 23.7 Å². The van der Waals surface area contributed by atoms with Gasteiger partial charge in [-0.1, -0.05) is 30.7 Å².